The summed E-state index contributed by atoms with van der Waals surface area (Å²) in [5.41, 5.74) is 3.70. The summed E-state index contributed by atoms with van der Waals surface area (Å²) in [6, 6.07) is 10.7. The molecule has 0 heterocycles. The summed E-state index contributed by atoms with van der Waals surface area (Å²) in [5.74, 6) is 0. The van der Waals surface area contributed by atoms with Gasteiger partial charge in [-0.3, -0.25) is 0 Å². The van der Waals surface area contributed by atoms with Gasteiger partial charge in [0.25, 0.3) is 0 Å². The zero-order valence-electron chi connectivity index (χ0n) is 5.09. The highest BCUT2D eigenvalue weighted by Gasteiger charge is 1.78. The van der Waals surface area contributed by atoms with Gasteiger partial charge in [-0.25, -0.2) is 0 Å². The summed E-state index contributed by atoms with van der Waals surface area (Å²) < 4.78 is 0. The zero-order chi connectivity index (χ0) is 6.53. The quantitative estimate of drug-likeness (QED) is 0.492. The summed E-state index contributed by atoms with van der Waals surface area (Å²) in [7, 11) is 0. The van der Waals surface area contributed by atoms with Gasteiger partial charge >= 0.3 is 0 Å². The van der Waals surface area contributed by atoms with E-state index in [1.165, 1.54) is 0 Å². The van der Waals surface area contributed by atoms with Crippen LogP contribution in [0.1, 0.15) is 5.56 Å². The fraction of sp³-hybridized carbons (Fsp3) is 0. The van der Waals surface area contributed by atoms with E-state index < -0.39 is 0 Å². The molecule has 0 aliphatic heterocycles. The van der Waals surface area contributed by atoms with Gasteiger partial charge in [0.15, 0.2) is 0 Å². The Kier molecular flexibility index (Phi) is 1.90. The summed E-state index contributed by atoms with van der Waals surface area (Å²) in [6.45, 7) is 3.46. The van der Waals surface area contributed by atoms with Gasteiger partial charge in [-0.05, 0) is 17.7 Å². The van der Waals surface area contributed by atoms with Gasteiger partial charge in [0.1, 0.15) is 0 Å². The van der Waals surface area contributed by atoms with E-state index in [1.807, 2.05) is 24.3 Å². The minimum absolute atomic E-state index is 1.02. The van der Waals surface area contributed by atoms with E-state index in [0.717, 1.165) is 5.56 Å². The van der Waals surface area contributed by atoms with Crippen LogP contribution in [0.15, 0.2) is 36.6 Å². The zero-order valence-corrected chi connectivity index (χ0v) is 5.09. The molecule has 0 saturated heterocycles. The van der Waals surface area contributed by atoms with Gasteiger partial charge in [0.05, 0.1) is 0 Å². The van der Waals surface area contributed by atoms with E-state index >= 15 is 0 Å². The van der Waals surface area contributed by atoms with Crippen molar-refractivity contribution in [3.05, 3.63) is 48.2 Å². The minimum atomic E-state index is 1.02. The molecule has 0 spiro atoms. The molecule has 0 unspecified atom stereocenters. The molecule has 0 heteroatoms. The Morgan fingerprint density at radius 1 is 1.56 bits per heavy atom. The highest BCUT2D eigenvalue weighted by molar-refractivity contribution is 5.46. The molecular formula is C9H7. The second-order valence-corrected chi connectivity index (χ2v) is 1.67. The maximum absolute atomic E-state index is 3.46. The van der Waals surface area contributed by atoms with Crippen LogP contribution in [0.3, 0.4) is 0 Å². The van der Waals surface area contributed by atoms with Crippen LogP contribution in [0.25, 0.3) is 6.08 Å². The summed E-state index contributed by atoms with van der Waals surface area (Å²) >= 11 is 0. The van der Waals surface area contributed by atoms with E-state index in [-0.39, 0.29) is 0 Å². The monoisotopic (exact) mass is 115 g/mol. The van der Waals surface area contributed by atoms with E-state index in [4.69, 9.17) is 0 Å². The first-order valence-electron chi connectivity index (χ1n) is 2.76. The molecule has 0 fully saturated rings. The first-order chi connectivity index (χ1) is 4.43. The Morgan fingerprint density at radius 3 is 3.00 bits per heavy atom. The fourth-order valence-electron chi connectivity index (χ4n) is 0.607. The molecule has 0 amide bonds. The lowest BCUT2D eigenvalue weighted by atomic mass is 10.2. The van der Waals surface area contributed by atoms with Crippen molar-refractivity contribution in [3.8, 4) is 0 Å². The van der Waals surface area contributed by atoms with E-state index in [1.54, 1.807) is 6.08 Å². The lowest BCUT2D eigenvalue weighted by molar-refractivity contribution is 1.65. The van der Waals surface area contributed by atoms with Crippen LogP contribution in [-0.4, -0.2) is 0 Å². The maximum Gasteiger partial charge on any atom is -0.00990 e. The van der Waals surface area contributed by atoms with Crippen molar-refractivity contribution in [1.82, 2.24) is 0 Å². The largest absolute Gasteiger partial charge is 0.128 e. The van der Waals surface area contributed by atoms with Gasteiger partial charge in [-0.2, -0.15) is 0 Å². The Hall–Kier alpha value is -1.26. The normalized spacial score (nSPS) is 8.00. The maximum atomic E-state index is 3.46. The molecule has 1 aromatic rings. The van der Waals surface area contributed by atoms with Crippen molar-refractivity contribution >= 4 is 6.08 Å². The molecule has 0 bridgehead atoms. The van der Waals surface area contributed by atoms with Crippen LogP contribution >= 0.6 is 0 Å². The van der Waals surface area contributed by atoms with Crippen LogP contribution in [-0.2, 0) is 0 Å². The lowest BCUT2D eigenvalue weighted by Gasteiger charge is -1.84. The van der Waals surface area contributed by atoms with Gasteiger partial charge < -0.3 is 0 Å². The van der Waals surface area contributed by atoms with Gasteiger partial charge in [0, 0.05) is 0 Å². The first kappa shape index (κ1) is 5.87. The van der Waals surface area contributed by atoms with Crippen LogP contribution in [0, 0.1) is 6.07 Å². The lowest BCUT2D eigenvalue weighted by Crippen LogP contribution is -1.65. The van der Waals surface area contributed by atoms with Gasteiger partial charge in [-0.15, -0.1) is 5.73 Å². The van der Waals surface area contributed by atoms with Crippen molar-refractivity contribution in [2.24, 2.45) is 0 Å². The molecule has 1 rings (SSSR count). The average Bonchev–Trinajstić information content (AvgIpc) is 1.91. The molecule has 1 radical (unpaired) electrons. The Labute approximate surface area is 55.1 Å². The molecule has 0 atom stereocenters. The number of hydrogen-bond donors (Lipinski definition) is 0. The average molecular weight is 115 g/mol. The molecule has 0 N–H and O–H groups in total. The number of rotatable bonds is 1. The molecule has 9 heavy (non-hydrogen) atoms. The number of hydrogen-bond acceptors (Lipinski definition) is 0. The van der Waals surface area contributed by atoms with Crippen molar-refractivity contribution < 1.29 is 0 Å². The Bertz CT molecular complexity index is 215. The summed E-state index contributed by atoms with van der Waals surface area (Å²) in [4.78, 5) is 0. The van der Waals surface area contributed by atoms with E-state index in [0.29, 0.717) is 0 Å². The fourth-order valence-corrected chi connectivity index (χ4v) is 0.607. The van der Waals surface area contributed by atoms with Crippen molar-refractivity contribution in [2.75, 3.05) is 0 Å². The minimum Gasteiger partial charge on any atom is -0.128 e. The predicted octanol–water partition coefficient (Wildman–Crippen LogP) is 2.28. The van der Waals surface area contributed by atoms with Gasteiger partial charge in [-0.1, -0.05) is 30.8 Å². The highest BCUT2D eigenvalue weighted by Crippen LogP contribution is 1.97. The molecule has 0 aromatic heterocycles. The van der Waals surface area contributed by atoms with E-state index in [2.05, 4.69) is 18.4 Å². The predicted molar refractivity (Wildman–Crippen MR) is 38.9 cm³/mol. The standard InChI is InChI=1S/C9H7/c1-2-6-9-7-4-3-5-8-9/h3-7H,1H2. The Balaban J connectivity index is 2.97. The SMILES string of the molecule is C=C=Cc1[c]cccc1. The van der Waals surface area contributed by atoms with Gasteiger partial charge in [0.2, 0.25) is 0 Å². The highest BCUT2D eigenvalue weighted by atomic mass is 13.8. The first-order valence-corrected chi connectivity index (χ1v) is 2.76. The second kappa shape index (κ2) is 2.91. The molecular weight excluding hydrogens is 108 g/mol. The summed E-state index contributed by atoms with van der Waals surface area (Å²) in [6.07, 6.45) is 1.79. The summed E-state index contributed by atoms with van der Waals surface area (Å²) in [5, 5.41) is 0. The Morgan fingerprint density at radius 2 is 2.44 bits per heavy atom. The topological polar surface area (TPSA) is 0 Å². The molecule has 1 aromatic carbocycles. The molecule has 0 saturated carbocycles. The van der Waals surface area contributed by atoms with E-state index in [9.17, 15) is 0 Å². The van der Waals surface area contributed by atoms with Crippen molar-refractivity contribution in [2.45, 2.75) is 0 Å². The van der Waals surface area contributed by atoms with Crippen LogP contribution in [0.5, 0.6) is 0 Å². The third-order valence-electron chi connectivity index (χ3n) is 0.991. The second-order valence-electron chi connectivity index (χ2n) is 1.67. The molecule has 0 nitrogen and oxygen atoms in total. The molecule has 0 aliphatic carbocycles. The van der Waals surface area contributed by atoms with Crippen molar-refractivity contribution in [3.63, 3.8) is 0 Å². The smallest absolute Gasteiger partial charge is 0.00990 e. The van der Waals surface area contributed by atoms with Crippen LogP contribution in [0.4, 0.5) is 0 Å². The van der Waals surface area contributed by atoms with Crippen molar-refractivity contribution in [1.29, 1.82) is 0 Å². The van der Waals surface area contributed by atoms with Crippen LogP contribution < -0.4 is 0 Å². The number of benzene rings is 1. The molecule has 43 valence electrons. The third-order valence-corrected chi connectivity index (χ3v) is 0.991. The molecule has 0 aliphatic rings. The van der Waals surface area contributed by atoms with Crippen LogP contribution in [0.2, 0.25) is 0 Å². The third kappa shape index (κ3) is 1.60.